The van der Waals surface area contributed by atoms with Crippen LogP contribution in [0.5, 0.6) is 0 Å². The molecule has 2 aromatic rings. The van der Waals surface area contributed by atoms with E-state index in [1.807, 2.05) is 51.1 Å². The molecule has 1 aromatic heterocycles. The minimum absolute atomic E-state index is 0.0228. The van der Waals surface area contributed by atoms with Crippen molar-refractivity contribution in [1.29, 1.82) is 5.26 Å². The average Bonchev–Trinajstić information content (AvgIpc) is 2.61. The van der Waals surface area contributed by atoms with Crippen molar-refractivity contribution in [2.45, 2.75) is 46.1 Å². The van der Waals surface area contributed by atoms with Gasteiger partial charge in [0.25, 0.3) is 0 Å². The molecule has 4 heteroatoms. The first-order chi connectivity index (χ1) is 11.8. The molecule has 0 aliphatic rings. The van der Waals surface area contributed by atoms with Gasteiger partial charge >= 0.3 is 0 Å². The number of nitriles is 1. The summed E-state index contributed by atoms with van der Waals surface area (Å²) in [5.74, 6) is 0.414. The van der Waals surface area contributed by atoms with Gasteiger partial charge in [0.15, 0.2) is 0 Å². The number of pyridine rings is 1. The van der Waals surface area contributed by atoms with Crippen molar-refractivity contribution in [2.75, 3.05) is 0 Å². The molecule has 4 nitrogen and oxygen atoms in total. The third-order valence-corrected chi connectivity index (χ3v) is 4.73. The lowest BCUT2D eigenvalue weighted by molar-refractivity contribution is -0.126. The number of amides is 1. The van der Waals surface area contributed by atoms with Crippen LogP contribution in [0.3, 0.4) is 0 Å². The van der Waals surface area contributed by atoms with Crippen LogP contribution in [-0.2, 0) is 10.2 Å². The van der Waals surface area contributed by atoms with Gasteiger partial charge in [-0.2, -0.15) is 5.26 Å². The Kier molecular flexibility index (Phi) is 5.58. The first-order valence-electron chi connectivity index (χ1n) is 8.52. The number of aromatic nitrogens is 1. The van der Waals surface area contributed by atoms with E-state index in [9.17, 15) is 4.79 Å². The highest BCUT2D eigenvalue weighted by atomic mass is 16.2. The summed E-state index contributed by atoms with van der Waals surface area (Å²) >= 11 is 0. The van der Waals surface area contributed by atoms with Crippen LogP contribution in [0.25, 0.3) is 11.1 Å². The van der Waals surface area contributed by atoms with Gasteiger partial charge in [-0.3, -0.25) is 9.78 Å². The van der Waals surface area contributed by atoms with Crippen molar-refractivity contribution >= 4 is 5.91 Å². The summed E-state index contributed by atoms with van der Waals surface area (Å²) in [4.78, 5) is 16.8. The lowest BCUT2D eigenvalue weighted by Gasteiger charge is -2.28. The van der Waals surface area contributed by atoms with Crippen molar-refractivity contribution in [1.82, 2.24) is 10.3 Å². The van der Waals surface area contributed by atoms with Gasteiger partial charge in [0, 0.05) is 24.0 Å². The molecule has 0 unspecified atom stereocenters. The van der Waals surface area contributed by atoms with Crippen molar-refractivity contribution in [3.63, 3.8) is 0 Å². The van der Waals surface area contributed by atoms with Gasteiger partial charge in [0.1, 0.15) is 6.07 Å². The van der Waals surface area contributed by atoms with Crippen molar-refractivity contribution < 1.29 is 4.79 Å². The molecule has 0 radical (unpaired) electrons. The second kappa shape index (κ2) is 7.48. The van der Waals surface area contributed by atoms with Crippen LogP contribution in [0.2, 0.25) is 0 Å². The third kappa shape index (κ3) is 4.24. The molecular formula is C21H25N3O. The highest BCUT2D eigenvalue weighted by molar-refractivity contribution is 5.87. The minimum atomic E-state index is -0.617. The lowest BCUT2D eigenvalue weighted by atomic mass is 9.82. The summed E-state index contributed by atoms with van der Waals surface area (Å²) < 4.78 is 0. The van der Waals surface area contributed by atoms with Gasteiger partial charge in [-0.05, 0) is 43.9 Å². The van der Waals surface area contributed by atoms with Crippen LogP contribution >= 0.6 is 0 Å². The number of nitrogens with zero attached hydrogens (tertiary/aromatic N) is 2. The van der Waals surface area contributed by atoms with E-state index >= 15 is 0 Å². The predicted octanol–water partition coefficient (Wildman–Crippen LogP) is 4.06. The summed E-state index contributed by atoms with van der Waals surface area (Å²) in [5, 5.41) is 12.1. The molecule has 0 saturated heterocycles. The van der Waals surface area contributed by atoms with Crippen molar-refractivity contribution in [2.24, 2.45) is 5.92 Å². The number of nitrogens with one attached hydrogen (secondary N) is 1. The molecule has 1 N–H and O–H groups in total. The largest absolute Gasteiger partial charge is 0.353 e. The van der Waals surface area contributed by atoms with Crippen LogP contribution in [0.4, 0.5) is 0 Å². The summed E-state index contributed by atoms with van der Waals surface area (Å²) in [6.45, 7) is 10.1. The minimum Gasteiger partial charge on any atom is -0.353 e. The number of rotatable bonds is 5. The van der Waals surface area contributed by atoms with E-state index in [1.54, 1.807) is 12.4 Å². The van der Waals surface area contributed by atoms with Crippen LogP contribution in [0, 0.1) is 17.2 Å². The van der Waals surface area contributed by atoms with E-state index in [0.29, 0.717) is 11.5 Å². The Labute approximate surface area is 149 Å². The van der Waals surface area contributed by atoms with Crippen molar-refractivity contribution in [3.8, 4) is 17.2 Å². The molecule has 0 spiro atoms. The Hall–Kier alpha value is -2.67. The SMILES string of the molecule is CC(C)[C@@H](C)NC(=O)C(C)(C)c1ccc(-c2cncc(C#N)c2)cc1. The summed E-state index contributed by atoms with van der Waals surface area (Å²) in [6.07, 6.45) is 3.28. The molecule has 0 saturated carbocycles. The normalized spacial score (nSPS) is 12.5. The van der Waals surface area contributed by atoms with Crippen LogP contribution in [0.15, 0.2) is 42.7 Å². The Bertz CT molecular complexity index is 786. The highest BCUT2D eigenvalue weighted by Gasteiger charge is 2.30. The van der Waals surface area contributed by atoms with Gasteiger partial charge < -0.3 is 5.32 Å². The zero-order chi connectivity index (χ0) is 18.6. The van der Waals surface area contributed by atoms with Gasteiger partial charge in [0.05, 0.1) is 11.0 Å². The van der Waals surface area contributed by atoms with Gasteiger partial charge in [0.2, 0.25) is 5.91 Å². The van der Waals surface area contributed by atoms with E-state index in [0.717, 1.165) is 16.7 Å². The van der Waals surface area contributed by atoms with Crippen LogP contribution in [0.1, 0.15) is 45.7 Å². The molecule has 0 fully saturated rings. The fourth-order valence-corrected chi connectivity index (χ4v) is 2.42. The van der Waals surface area contributed by atoms with Crippen molar-refractivity contribution in [3.05, 3.63) is 53.9 Å². The highest BCUT2D eigenvalue weighted by Crippen LogP contribution is 2.27. The van der Waals surface area contributed by atoms with E-state index in [-0.39, 0.29) is 11.9 Å². The van der Waals surface area contributed by atoms with Gasteiger partial charge in [-0.15, -0.1) is 0 Å². The monoisotopic (exact) mass is 335 g/mol. The van der Waals surface area contributed by atoms with Gasteiger partial charge in [-0.1, -0.05) is 38.1 Å². The van der Waals surface area contributed by atoms with Crippen LogP contribution in [-0.4, -0.2) is 16.9 Å². The van der Waals surface area contributed by atoms with E-state index in [2.05, 4.69) is 30.2 Å². The zero-order valence-electron chi connectivity index (χ0n) is 15.5. The number of benzene rings is 1. The predicted molar refractivity (Wildman–Crippen MR) is 99.9 cm³/mol. The Morgan fingerprint density at radius 2 is 1.76 bits per heavy atom. The summed E-state index contributed by atoms with van der Waals surface area (Å²) in [7, 11) is 0. The molecule has 25 heavy (non-hydrogen) atoms. The molecule has 2 rings (SSSR count). The third-order valence-electron chi connectivity index (χ3n) is 4.73. The Morgan fingerprint density at radius 3 is 2.32 bits per heavy atom. The zero-order valence-corrected chi connectivity index (χ0v) is 15.5. The second-order valence-electron chi connectivity index (χ2n) is 7.28. The maximum atomic E-state index is 12.7. The molecule has 1 amide bonds. The number of carbonyl (C=O) groups is 1. The number of hydrogen-bond acceptors (Lipinski definition) is 3. The molecule has 0 bridgehead atoms. The number of carbonyl (C=O) groups excluding carboxylic acids is 1. The molecule has 130 valence electrons. The standard InChI is InChI=1S/C21H25N3O/c1-14(2)15(3)24-20(25)21(4,5)19-8-6-17(7-9-19)18-10-16(11-22)12-23-13-18/h6-10,12-15H,1-5H3,(H,24,25)/t15-/m1/s1. The maximum Gasteiger partial charge on any atom is 0.230 e. The molecule has 0 aliphatic carbocycles. The summed E-state index contributed by atoms with van der Waals surface area (Å²) in [5.41, 5.74) is 2.73. The molecule has 1 atom stereocenters. The topological polar surface area (TPSA) is 65.8 Å². The van der Waals surface area contributed by atoms with E-state index in [1.165, 1.54) is 0 Å². The van der Waals surface area contributed by atoms with Gasteiger partial charge in [-0.25, -0.2) is 0 Å². The fourth-order valence-electron chi connectivity index (χ4n) is 2.42. The lowest BCUT2D eigenvalue weighted by Crippen LogP contribution is -2.45. The van der Waals surface area contributed by atoms with E-state index < -0.39 is 5.41 Å². The fraction of sp³-hybridized carbons (Fsp3) is 0.381. The molecule has 1 aromatic carbocycles. The Morgan fingerprint density at radius 1 is 1.12 bits per heavy atom. The quantitative estimate of drug-likeness (QED) is 0.896. The smallest absolute Gasteiger partial charge is 0.230 e. The summed E-state index contributed by atoms with van der Waals surface area (Å²) in [6, 6.07) is 11.9. The Balaban J connectivity index is 2.23. The maximum absolute atomic E-state index is 12.7. The second-order valence-corrected chi connectivity index (χ2v) is 7.28. The van der Waals surface area contributed by atoms with Crippen LogP contribution < -0.4 is 5.32 Å². The molecule has 1 heterocycles. The molecular weight excluding hydrogens is 310 g/mol. The van der Waals surface area contributed by atoms with E-state index in [4.69, 9.17) is 5.26 Å². The number of hydrogen-bond donors (Lipinski definition) is 1. The first-order valence-corrected chi connectivity index (χ1v) is 8.52. The average molecular weight is 335 g/mol. The first kappa shape index (κ1) is 18.7. The molecule has 0 aliphatic heterocycles.